The molecule has 5 atom stereocenters. The Morgan fingerprint density at radius 2 is 2.13 bits per heavy atom. The van der Waals surface area contributed by atoms with E-state index < -0.39 is 0 Å². The predicted molar refractivity (Wildman–Crippen MR) is 95.0 cm³/mol. The van der Waals surface area contributed by atoms with E-state index in [-0.39, 0.29) is 11.7 Å². The maximum atomic E-state index is 6.44. The normalized spacial score (nSPS) is 40.3. The number of fused-ring (bicyclic) bond motifs is 3. The molecule has 1 aromatic carbocycles. The van der Waals surface area contributed by atoms with Crippen LogP contribution >= 0.6 is 15.9 Å². The Hall–Kier alpha value is -0.640. The lowest BCUT2D eigenvalue weighted by Gasteiger charge is -2.56. The number of ether oxygens (including phenoxy) is 2. The summed E-state index contributed by atoms with van der Waals surface area (Å²) in [7, 11) is 0. The van der Waals surface area contributed by atoms with Crippen LogP contribution in [-0.2, 0) is 9.47 Å². The molecule has 0 bridgehead atoms. The van der Waals surface area contributed by atoms with Crippen LogP contribution in [0.2, 0.25) is 0 Å². The van der Waals surface area contributed by atoms with Gasteiger partial charge in [-0.15, -0.1) is 0 Å². The van der Waals surface area contributed by atoms with Gasteiger partial charge in [0.15, 0.2) is 6.29 Å². The average Bonchev–Trinajstić information content (AvgIpc) is 2.54. The van der Waals surface area contributed by atoms with E-state index in [2.05, 4.69) is 41.6 Å². The summed E-state index contributed by atoms with van der Waals surface area (Å²) in [5.74, 6) is 1.50. The van der Waals surface area contributed by atoms with Gasteiger partial charge in [0, 0.05) is 15.5 Å². The third-order valence-electron chi connectivity index (χ3n) is 6.27. The van der Waals surface area contributed by atoms with Crippen molar-refractivity contribution in [3.63, 3.8) is 0 Å². The summed E-state index contributed by atoms with van der Waals surface area (Å²) in [5, 5.41) is 0. The van der Waals surface area contributed by atoms with Crippen molar-refractivity contribution in [1.82, 2.24) is 0 Å². The lowest BCUT2D eigenvalue weighted by Crippen LogP contribution is -2.55. The molecule has 2 saturated carbocycles. The molecule has 124 valence electrons. The molecule has 2 nitrogen and oxygen atoms in total. The topological polar surface area (TPSA) is 18.5 Å². The zero-order chi connectivity index (χ0) is 16.0. The second kappa shape index (κ2) is 6.02. The van der Waals surface area contributed by atoms with E-state index in [1.807, 2.05) is 12.1 Å². The van der Waals surface area contributed by atoms with Crippen molar-refractivity contribution < 1.29 is 9.47 Å². The molecule has 1 aliphatic heterocycles. The molecule has 0 spiro atoms. The summed E-state index contributed by atoms with van der Waals surface area (Å²) in [4.78, 5) is 0. The fourth-order valence-corrected chi connectivity index (χ4v) is 5.43. The minimum Gasteiger partial charge on any atom is -0.348 e. The van der Waals surface area contributed by atoms with Gasteiger partial charge in [0.2, 0.25) is 0 Å². The number of hydrogen-bond acceptors (Lipinski definition) is 2. The van der Waals surface area contributed by atoms with E-state index in [0.717, 1.165) is 34.9 Å². The van der Waals surface area contributed by atoms with Gasteiger partial charge in [0.1, 0.15) is 0 Å². The first-order valence-electron chi connectivity index (χ1n) is 8.75. The molecule has 3 aliphatic rings. The van der Waals surface area contributed by atoms with Gasteiger partial charge < -0.3 is 9.47 Å². The Labute approximate surface area is 147 Å². The molecule has 3 fully saturated rings. The fourth-order valence-electron chi connectivity index (χ4n) is 5.01. The standard InChI is InChI=1S/C20H25BrO2/c1-13-6-8-17-14(10-13)7-9-18-20(17,2)12-22-19(23-18)15-4-3-5-16(21)11-15/h3-5,11,14,17-19H,1,6-10,12H2,2H3. The van der Waals surface area contributed by atoms with Crippen LogP contribution in [0.3, 0.4) is 0 Å². The number of rotatable bonds is 1. The first-order chi connectivity index (χ1) is 11.1. The number of allylic oxidation sites excluding steroid dienone is 1. The van der Waals surface area contributed by atoms with Crippen LogP contribution in [0.1, 0.15) is 50.9 Å². The van der Waals surface area contributed by atoms with Crippen molar-refractivity contribution in [3.05, 3.63) is 46.5 Å². The highest BCUT2D eigenvalue weighted by Crippen LogP contribution is 2.55. The molecule has 4 rings (SSSR count). The first kappa shape index (κ1) is 15.9. The zero-order valence-electron chi connectivity index (χ0n) is 13.8. The number of halogens is 1. The maximum Gasteiger partial charge on any atom is 0.184 e. The van der Waals surface area contributed by atoms with Gasteiger partial charge in [-0.25, -0.2) is 0 Å². The molecular formula is C20H25BrO2. The van der Waals surface area contributed by atoms with E-state index in [1.165, 1.54) is 31.3 Å². The monoisotopic (exact) mass is 376 g/mol. The van der Waals surface area contributed by atoms with Gasteiger partial charge in [-0.1, -0.05) is 47.1 Å². The van der Waals surface area contributed by atoms with Crippen molar-refractivity contribution in [2.45, 2.75) is 51.4 Å². The predicted octanol–water partition coefficient (Wildman–Crippen LogP) is 5.64. The van der Waals surface area contributed by atoms with E-state index in [4.69, 9.17) is 9.47 Å². The average molecular weight is 377 g/mol. The fraction of sp³-hybridized carbons (Fsp3) is 0.600. The van der Waals surface area contributed by atoms with Crippen LogP contribution < -0.4 is 0 Å². The molecule has 2 aliphatic carbocycles. The lowest BCUT2D eigenvalue weighted by molar-refractivity contribution is -0.296. The molecule has 0 amide bonds. The SMILES string of the molecule is C=C1CCC2C(CCC3OC(c4cccc(Br)c4)OCC32C)C1. The van der Waals surface area contributed by atoms with Crippen LogP contribution in [0.15, 0.2) is 40.9 Å². The zero-order valence-corrected chi connectivity index (χ0v) is 15.3. The molecule has 0 N–H and O–H groups in total. The van der Waals surface area contributed by atoms with Crippen LogP contribution in [0, 0.1) is 17.3 Å². The van der Waals surface area contributed by atoms with Crippen molar-refractivity contribution in [2.75, 3.05) is 6.61 Å². The summed E-state index contributed by atoms with van der Waals surface area (Å²) < 4.78 is 13.7. The molecular weight excluding hydrogens is 352 g/mol. The second-order valence-electron chi connectivity index (χ2n) is 7.77. The molecule has 1 saturated heterocycles. The summed E-state index contributed by atoms with van der Waals surface area (Å²) >= 11 is 3.54. The second-order valence-corrected chi connectivity index (χ2v) is 8.68. The summed E-state index contributed by atoms with van der Waals surface area (Å²) in [6, 6.07) is 8.28. The summed E-state index contributed by atoms with van der Waals surface area (Å²) in [6.07, 6.45) is 6.16. The quantitative estimate of drug-likeness (QED) is 0.590. The van der Waals surface area contributed by atoms with Crippen LogP contribution in [0.4, 0.5) is 0 Å². The van der Waals surface area contributed by atoms with Crippen molar-refractivity contribution in [2.24, 2.45) is 17.3 Å². The van der Waals surface area contributed by atoms with Crippen LogP contribution in [0.5, 0.6) is 0 Å². The highest BCUT2D eigenvalue weighted by Gasteiger charge is 2.53. The highest BCUT2D eigenvalue weighted by atomic mass is 79.9. The Morgan fingerprint density at radius 1 is 1.26 bits per heavy atom. The van der Waals surface area contributed by atoms with Crippen LogP contribution in [0.25, 0.3) is 0 Å². The summed E-state index contributed by atoms with van der Waals surface area (Å²) in [5.41, 5.74) is 2.71. The minimum absolute atomic E-state index is 0.159. The summed E-state index contributed by atoms with van der Waals surface area (Å²) in [6.45, 7) is 7.42. The minimum atomic E-state index is -0.222. The smallest absolute Gasteiger partial charge is 0.184 e. The molecule has 0 radical (unpaired) electrons. The lowest BCUT2D eigenvalue weighted by atomic mass is 9.56. The van der Waals surface area contributed by atoms with Crippen molar-refractivity contribution >= 4 is 15.9 Å². The Kier molecular flexibility index (Phi) is 4.15. The Balaban J connectivity index is 1.54. The number of hydrogen-bond donors (Lipinski definition) is 0. The largest absolute Gasteiger partial charge is 0.348 e. The molecule has 1 aromatic rings. The van der Waals surface area contributed by atoms with Gasteiger partial charge in [-0.3, -0.25) is 0 Å². The molecule has 1 heterocycles. The van der Waals surface area contributed by atoms with Gasteiger partial charge in [-0.05, 0) is 56.1 Å². The van der Waals surface area contributed by atoms with Crippen molar-refractivity contribution in [3.8, 4) is 0 Å². The van der Waals surface area contributed by atoms with E-state index in [9.17, 15) is 0 Å². The number of benzene rings is 1. The maximum absolute atomic E-state index is 6.44. The molecule has 5 unspecified atom stereocenters. The van der Waals surface area contributed by atoms with Crippen molar-refractivity contribution in [1.29, 1.82) is 0 Å². The molecule has 0 aromatic heterocycles. The highest BCUT2D eigenvalue weighted by molar-refractivity contribution is 9.10. The first-order valence-corrected chi connectivity index (χ1v) is 9.55. The third-order valence-corrected chi connectivity index (χ3v) is 6.76. The van der Waals surface area contributed by atoms with E-state index >= 15 is 0 Å². The van der Waals surface area contributed by atoms with Gasteiger partial charge in [0.05, 0.1) is 12.7 Å². The molecule has 3 heteroatoms. The Morgan fingerprint density at radius 3 is 2.96 bits per heavy atom. The third kappa shape index (κ3) is 2.81. The van der Waals surface area contributed by atoms with Gasteiger partial charge in [-0.2, -0.15) is 0 Å². The van der Waals surface area contributed by atoms with Gasteiger partial charge >= 0.3 is 0 Å². The van der Waals surface area contributed by atoms with E-state index in [0.29, 0.717) is 6.10 Å². The molecule has 23 heavy (non-hydrogen) atoms. The van der Waals surface area contributed by atoms with Crippen LogP contribution in [-0.4, -0.2) is 12.7 Å². The van der Waals surface area contributed by atoms with E-state index in [1.54, 1.807) is 0 Å². The Bertz CT molecular complexity index is 613. The van der Waals surface area contributed by atoms with Gasteiger partial charge in [0.25, 0.3) is 0 Å².